The fourth-order valence-corrected chi connectivity index (χ4v) is 3.68. The molecule has 30 heavy (non-hydrogen) atoms. The number of hydrogen-bond acceptors (Lipinski definition) is 3. The second kappa shape index (κ2) is 9.27. The number of carbonyl (C=O) groups is 2. The summed E-state index contributed by atoms with van der Waals surface area (Å²) in [4.78, 5) is 27.4. The molecule has 152 valence electrons. The molecule has 0 unspecified atom stereocenters. The molecule has 0 aromatic heterocycles. The summed E-state index contributed by atoms with van der Waals surface area (Å²) >= 11 is 0. The lowest BCUT2D eigenvalue weighted by molar-refractivity contribution is 0.102. The Hall–Kier alpha value is -3.60. The van der Waals surface area contributed by atoms with Gasteiger partial charge in [-0.25, -0.2) is 0 Å². The number of hydrogen-bond donors (Lipinski definition) is 2. The number of piperidine rings is 1. The van der Waals surface area contributed by atoms with Crippen molar-refractivity contribution in [2.45, 2.75) is 19.3 Å². The molecule has 0 bridgehead atoms. The van der Waals surface area contributed by atoms with E-state index >= 15 is 0 Å². The van der Waals surface area contributed by atoms with Crippen LogP contribution in [0.3, 0.4) is 0 Å². The maximum atomic E-state index is 12.8. The van der Waals surface area contributed by atoms with Crippen LogP contribution in [0, 0.1) is 0 Å². The zero-order chi connectivity index (χ0) is 20.8. The van der Waals surface area contributed by atoms with Gasteiger partial charge >= 0.3 is 0 Å². The van der Waals surface area contributed by atoms with Gasteiger partial charge in [-0.1, -0.05) is 30.3 Å². The smallest absolute Gasteiger partial charge is 0.255 e. The second-order valence-corrected chi connectivity index (χ2v) is 7.42. The summed E-state index contributed by atoms with van der Waals surface area (Å²) in [6.45, 7) is 2.03. The number of benzene rings is 3. The van der Waals surface area contributed by atoms with E-state index in [1.165, 1.54) is 19.3 Å². The van der Waals surface area contributed by atoms with Gasteiger partial charge in [0.2, 0.25) is 0 Å². The standard InChI is InChI=1S/C25H25N3O2/c29-24(19-9-3-1-4-10-19)26-21-15-13-20(14-16-21)25(30)27-22-11-5-6-12-23(22)28-17-7-2-8-18-28/h1,3-6,9-16H,2,7-8,17-18H2,(H,26,29)(H,27,30). The molecular weight excluding hydrogens is 374 g/mol. The van der Waals surface area contributed by atoms with Crippen molar-refractivity contribution in [3.05, 3.63) is 90.0 Å². The van der Waals surface area contributed by atoms with Crippen LogP contribution < -0.4 is 15.5 Å². The van der Waals surface area contributed by atoms with Crippen LogP contribution in [0.4, 0.5) is 17.1 Å². The van der Waals surface area contributed by atoms with Crippen LogP contribution in [-0.4, -0.2) is 24.9 Å². The Labute approximate surface area is 176 Å². The van der Waals surface area contributed by atoms with Crippen LogP contribution in [0.25, 0.3) is 0 Å². The molecule has 3 aromatic carbocycles. The minimum absolute atomic E-state index is 0.166. The SMILES string of the molecule is O=C(Nc1ccc(C(=O)Nc2ccccc2N2CCCCC2)cc1)c1ccccc1. The molecule has 1 aliphatic heterocycles. The highest BCUT2D eigenvalue weighted by molar-refractivity contribution is 6.07. The second-order valence-electron chi connectivity index (χ2n) is 7.42. The van der Waals surface area contributed by atoms with E-state index in [2.05, 4.69) is 21.6 Å². The van der Waals surface area contributed by atoms with Crippen LogP contribution in [0.5, 0.6) is 0 Å². The lowest BCUT2D eigenvalue weighted by atomic mass is 10.1. The Morgan fingerprint density at radius 1 is 0.633 bits per heavy atom. The quantitative estimate of drug-likeness (QED) is 0.621. The summed E-state index contributed by atoms with van der Waals surface area (Å²) in [5.74, 6) is -0.344. The van der Waals surface area contributed by atoms with Crippen LogP contribution in [-0.2, 0) is 0 Å². The first-order valence-corrected chi connectivity index (χ1v) is 10.3. The van der Waals surface area contributed by atoms with E-state index in [9.17, 15) is 9.59 Å². The molecule has 2 amide bonds. The van der Waals surface area contributed by atoms with Crippen LogP contribution in [0.1, 0.15) is 40.0 Å². The third kappa shape index (κ3) is 4.69. The van der Waals surface area contributed by atoms with E-state index < -0.39 is 0 Å². The Balaban J connectivity index is 1.43. The first-order chi connectivity index (χ1) is 14.7. The monoisotopic (exact) mass is 399 g/mol. The Morgan fingerprint density at radius 2 is 1.23 bits per heavy atom. The van der Waals surface area contributed by atoms with Gasteiger partial charge in [-0.05, 0) is 67.8 Å². The highest BCUT2D eigenvalue weighted by Crippen LogP contribution is 2.28. The number of anilines is 3. The van der Waals surface area contributed by atoms with Crippen LogP contribution in [0.2, 0.25) is 0 Å². The molecule has 2 N–H and O–H groups in total. The molecule has 5 heteroatoms. The maximum Gasteiger partial charge on any atom is 0.255 e. The molecule has 1 heterocycles. The van der Waals surface area contributed by atoms with Gasteiger partial charge in [-0.2, -0.15) is 0 Å². The van der Waals surface area contributed by atoms with E-state index in [1.54, 1.807) is 36.4 Å². The zero-order valence-corrected chi connectivity index (χ0v) is 16.8. The first-order valence-electron chi connectivity index (χ1n) is 10.3. The fraction of sp³-hybridized carbons (Fsp3) is 0.200. The molecule has 3 aromatic rings. The van der Waals surface area contributed by atoms with Gasteiger partial charge in [-0.15, -0.1) is 0 Å². The average molecular weight is 399 g/mol. The predicted octanol–water partition coefficient (Wildman–Crippen LogP) is 5.18. The number of rotatable bonds is 5. The molecule has 5 nitrogen and oxygen atoms in total. The molecule has 1 aliphatic rings. The van der Waals surface area contributed by atoms with E-state index in [0.29, 0.717) is 16.8 Å². The molecule has 1 saturated heterocycles. The van der Waals surface area contributed by atoms with E-state index in [-0.39, 0.29) is 11.8 Å². The van der Waals surface area contributed by atoms with Gasteiger partial charge in [0, 0.05) is 29.9 Å². The minimum atomic E-state index is -0.178. The van der Waals surface area contributed by atoms with Gasteiger partial charge in [0.1, 0.15) is 0 Å². The van der Waals surface area contributed by atoms with Crippen molar-refractivity contribution in [1.82, 2.24) is 0 Å². The third-order valence-corrected chi connectivity index (χ3v) is 5.29. The van der Waals surface area contributed by atoms with Crippen LogP contribution in [0.15, 0.2) is 78.9 Å². The normalized spacial score (nSPS) is 13.5. The molecule has 0 atom stereocenters. The lowest BCUT2D eigenvalue weighted by Crippen LogP contribution is -2.30. The van der Waals surface area contributed by atoms with Crippen molar-refractivity contribution in [2.75, 3.05) is 28.6 Å². The van der Waals surface area contributed by atoms with Gasteiger partial charge in [0.15, 0.2) is 0 Å². The number of carbonyl (C=O) groups excluding carboxylic acids is 2. The summed E-state index contributed by atoms with van der Waals surface area (Å²) in [7, 11) is 0. The summed E-state index contributed by atoms with van der Waals surface area (Å²) in [6.07, 6.45) is 3.62. The van der Waals surface area contributed by atoms with E-state index in [1.807, 2.05) is 36.4 Å². The van der Waals surface area contributed by atoms with Gasteiger partial charge < -0.3 is 15.5 Å². The van der Waals surface area contributed by atoms with Crippen molar-refractivity contribution in [1.29, 1.82) is 0 Å². The van der Waals surface area contributed by atoms with E-state index in [0.717, 1.165) is 24.5 Å². The molecule has 0 spiro atoms. The van der Waals surface area contributed by atoms with Gasteiger partial charge in [-0.3, -0.25) is 9.59 Å². The van der Waals surface area contributed by atoms with Crippen molar-refractivity contribution >= 4 is 28.9 Å². The average Bonchev–Trinajstić information content (AvgIpc) is 2.81. The highest BCUT2D eigenvalue weighted by atomic mass is 16.2. The third-order valence-electron chi connectivity index (χ3n) is 5.29. The zero-order valence-electron chi connectivity index (χ0n) is 16.8. The highest BCUT2D eigenvalue weighted by Gasteiger charge is 2.16. The first kappa shape index (κ1) is 19.7. The molecule has 0 saturated carbocycles. The summed E-state index contributed by atoms with van der Waals surface area (Å²) in [6, 6.07) is 23.9. The molecule has 0 radical (unpaired) electrons. The number of nitrogens with zero attached hydrogens (tertiary/aromatic N) is 1. The van der Waals surface area contributed by atoms with Gasteiger partial charge in [0.25, 0.3) is 11.8 Å². The number of amides is 2. The topological polar surface area (TPSA) is 61.4 Å². The molecule has 1 fully saturated rings. The predicted molar refractivity (Wildman–Crippen MR) is 121 cm³/mol. The van der Waals surface area contributed by atoms with Crippen molar-refractivity contribution in [2.24, 2.45) is 0 Å². The largest absolute Gasteiger partial charge is 0.370 e. The fourth-order valence-electron chi connectivity index (χ4n) is 3.68. The Bertz CT molecular complexity index is 1010. The van der Waals surface area contributed by atoms with Crippen LogP contribution >= 0.6 is 0 Å². The molecule has 4 rings (SSSR count). The number of nitrogens with one attached hydrogen (secondary N) is 2. The molecular formula is C25H25N3O2. The van der Waals surface area contributed by atoms with Crippen molar-refractivity contribution < 1.29 is 9.59 Å². The minimum Gasteiger partial charge on any atom is -0.370 e. The Kier molecular flexibility index (Phi) is 6.09. The number of para-hydroxylation sites is 2. The summed E-state index contributed by atoms with van der Waals surface area (Å²) < 4.78 is 0. The molecule has 0 aliphatic carbocycles. The van der Waals surface area contributed by atoms with E-state index in [4.69, 9.17) is 0 Å². The van der Waals surface area contributed by atoms with Crippen molar-refractivity contribution in [3.63, 3.8) is 0 Å². The maximum absolute atomic E-state index is 12.8. The van der Waals surface area contributed by atoms with Crippen molar-refractivity contribution in [3.8, 4) is 0 Å². The summed E-state index contributed by atoms with van der Waals surface area (Å²) in [5, 5.41) is 5.89. The lowest BCUT2D eigenvalue weighted by Gasteiger charge is -2.30. The Morgan fingerprint density at radius 3 is 1.97 bits per heavy atom. The summed E-state index contributed by atoms with van der Waals surface area (Å²) in [5.41, 5.74) is 3.67. The van der Waals surface area contributed by atoms with Gasteiger partial charge in [0.05, 0.1) is 11.4 Å².